The molecule has 8 heteroatoms. The highest BCUT2D eigenvalue weighted by molar-refractivity contribution is 6.01. The first-order valence-corrected chi connectivity index (χ1v) is 9.09. The van der Waals surface area contributed by atoms with Crippen molar-refractivity contribution in [3.8, 4) is 16.9 Å². The van der Waals surface area contributed by atoms with Gasteiger partial charge in [0.2, 0.25) is 0 Å². The Morgan fingerprint density at radius 3 is 2.57 bits per heavy atom. The number of ketones is 1. The fraction of sp³-hybridized carbons (Fsp3) is 0.0909. The first kappa shape index (κ1) is 19.4. The number of nitrogens with zero attached hydrogens (tertiary/aromatic N) is 3. The quantitative estimate of drug-likeness (QED) is 0.467. The summed E-state index contributed by atoms with van der Waals surface area (Å²) in [6, 6.07) is 10.5. The van der Waals surface area contributed by atoms with Gasteiger partial charge in [-0.05, 0) is 47.0 Å². The molecular weight excluding hydrogens is 390 g/mol. The zero-order valence-electron chi connectivity index (χ0n) is 15.7. The number of H-pyrrole nitrogens is 1. The van der Waals surface area contributed by atoms with E-state index in [-0.39, 0.29) is 18.8 Å². The molecule has 4 aromatic rings. The lowest BCUT2D eigenvalue weighted by atomic mass is 9.99. The van der Waals surface area contributed by atoms with Crippen LogP contribution >= 0.6 is 0 Å². The van der Waals surface area contributed by atoms with E-state index in [9.17, 15) is 13.6 Å². The molecule has 150 valence electrons. The Morgan fingerprint density at radius 1 is 0.933 bits per heavy atom. The van der Waals surface area contributed by atoms with E-state index in [0.717, 1.165) is 28.8 Å². The minimum Gasteiger partial charge on any atom is -0.488 e. The predicted octanol–water partition coefficient (Wildman–Crippen LogP) is 4.15. The van der Waals surface area contributed by atoms with Gasteiger partial charge in [0.15, 0.2) is 17.4 Å². The lowest BCUT2D eigenvalue weighted by Gasteiger charge is -2.13. The fourth-order valence-corrected chi connectivity index (χ4v) is 2.96. The summed E-state index contributed by atoms with van der Waals surface area (Å²) in [7, 11) is 0. The number of Topliss-reactive ketones (excluding diaryl/α,β-unsaturated/α-hetero) is 1. The molecule has 2 aromatic carbocycles. The van der Waals surface area contributed by atoms with Crippen molar-refractivity contribution in [1.82, 2.24) is 20.4 Å². The van der Waals surface area contributed by atoms with Gasteiger partial charge in [-0.15, -0.1) is 0 Å². The van der Waals surface area contributed by atoms with Gasteiger partial charge in [0, 0.05) is 24.4 Å². The average molecular weight is 406 g/mol. The highest BCUT2D eigenvalue weighted by Gasteiger charge is 2.16. The molecule has 0 amide bonds. The number of rotatable bonds is 7. The number of aromatic nitrogens is 4. The molecule has 0 fully saturated rings. The van der Waals surface area contributed by atoms with E-state index in [0.29, 0.717) is 16.9 Å². The number of halogens is 2. The zero-order chi connectivity index (χ0) is 20.9. The molecule has 2 aromatic heterocycles. The molecule has 0 aliphatic heterocycles. The molecule has 0 spiro atoms. The fourth-order valence-electron chi connectivity index (χ4n) is 2.96. The third-order valence-corrected chi connectivity index (χ3v) is 4.50. The third kappa shape index (κ3) is 4.38. The summed E-state index contributed by atoms with van der Waals surface area (Å²) in [4.78, 5) is 13.0. The van der Waals surface area contributed by atoms with Crippen molar-refractivity contribution in [3.63, 3.8) is 0 Å². The van der Waals surface area contributed by atoms with Gasteiger partial charge in [0.05, 0.1) is 18.0 Å². The molecule has 0 aliphatic carbocycles. The minimum absolute atomic E-state index is 0.0145. The SMILES string of the molecule is O=C(Cc1ccnnc1)c1cc(-c2cn[nH]c2)ccc1OCc1ccc(F)c(F)c1. The third-order valence-electron chi connectivity index (χ3n) is 4.50. The largest absolute Gasteiger partial charge is 0.488 e. The van der Waals surface area contributed by atoms with Gasteiger partial charge in [0.1, 0.15) is 12.4 Å². The molecule has 0 atom stereocenters. The first-order valence-electron chi connectivity index (χ1n) is 9.09. The van der Waals surface area contributed by atoms with E-state index in [1.54, 1.807) is 36.7 Å². The molecule has 6 nitrogen and oxygen atoms in total. The Kier molecular flexibility index (Phi) is 5.56. The summed E-state index contributed by atoms with van der Waals surface area (Å²) < 4.78 is 32.4. The number of benzene rings is 2. The van der Waals surface area contributed by atoms with Gasteiger partial charge < -0.3 is 4.74 Å². The highest BCUT2D eigenvalue weighted by atomic mass is 19.2. The van der Waals surface area contributed by atoms with Crippen molar-refractivity contribution in [3.05, 3.63) is 95.6 Å². The van der Waals surface area contributed by atoms with Crippen molar-refractivity contribution in [2.45, 2.75) is 13.0 Å². The van der Waals surface area contributed by atoms with E-state index >= 15 is 0 Å². The van der Waals surface area contributed by atoms with E-state index < -0.39 is 11.6 Å². The van der Waals surface area contributed by atoms with E-state index in [1.165, 1.54) is 18.5 Å². The molecule has 1 N–H and O–H groups in total. The second-order valence-electron chi connectivity index (χ2n) is 6.59. The summed E-state index contributed by atoms with van der Waals surface area (Å²) in [6.07, 6.45) is 6.53. The van der Waals surface area contributed by atoms with Crippen LogP contribution in [0.4, 0.5) is 8.78 Å². The standard InChI is InChI=1S/C22H16F2N4O2/c23-19-3-1-15(7-20(19)24)13-30-22-4-2-16(17-11-27-28-12-17)9-18(22)21(29)8-14-5-6-25-26-10-14/h1-7,9-12H,8,13H2,(H,27,28). The summed E-state index contributed by atoms with van der Waals surface area (Å²) >= 11 is 0. The van der Waals surface area contributed by atoms with Crippen LogP contribution in [0.25, 0.3) is 11.1 Å². The van der Waals surface area contributed by atoms with Crippen LogP contribution in [-0.4, -0.2) is 26.2 Å². The minimum atomic E-state index is -0.951. The number of aromatic amines is 1. The van der Waals surface area contributed by atoms with Crippen LogP contribution in [0.2, 0.25) is 0 Å². The summed E-state index contributed by atoms with van der Waals surface area (Å²) in [5.41, 5.74) is 3.15. The topological polar surface area (TPSA) is 80.8 Å². The van der Waals surface area contributed by atoms with Crippen molar-refractivity contribution < 1.29 is 18.3 Å². The maximum atomic E-state index is 13.5. The molecule has 30 heavy (non-hydrogen) atoms. The van der Waals surface area contributed by atoms with Crippen molar-refractivity contribution in [2.75, 3.05) is 0 Å². The van der Waals surface area contributed by atoms with Gasteiger partial charge >= 0.3 is 0 Å². The molecule has 0 bridgehead atoms. The van der Waals surface area contributed by atoms with E-state index in [4.69, 9.17) is 4.74 Å². The van der Waals surface area contributed by atoms with Gasteiger partial charge in [-0.25, -0.2) is 8.78 Å². The summed E-state index contributed by atoms with van der Waals surface area (Å²) in [5.74, 6) is -1.70. The molecule has 0 radical (unpaired) electrons. The normalized spacial score (nSPS) is 10.7. The van der Waals surface area contributed by atoms with Crippen LogP contribution in [0.5, 0.6) is 5.75 Å². The molecular formula is C22H16F2N4O2. The highest BCUT2D eigenvalue weighted by Crippen LogP contribution is 2.28. The molecule has 0 unspecified atom stereocenters. The van der Waals surface area contributed by atoms with Gasteiger partial charge in [0.25, 0.3) is 0 Å². The van der Waals surface area contributed by atoms with Crippen LogP contribution in [0, 0.1) is 11.6 Å². The molecule has 0 saturated heterocycles. The summed E-state index contributed by atoms with van der Waals surface area (Å²) in [5, 5.41) is 14.2. The van der Waals surface area contributed by atoms with E-state index in [1.807, 2.05) is 0 Å². The number of ether oxygens (including phenoxy) is 1. The number of nitrogens with one attached hydrogen (secondary N) is 1. The van der Waals surface area contributed by atoms with Crippen LogP contribution in [-0.2, 0) is 13.0 Å². The Hall–Kier alpha value is -3.94. The predicted molar refractivity (Wildman–Crippen MR) is 105 cm³/mol. The van der Waals surface area contributed by atoms with E-state index in [2.05, 4.69) is 20.4 Å². The second kappa shape index (κ2) is 8.60. The van der Waals surface area contributed by atoms with Crippen LogP contribution in [0.3, 0.4) is 0 Å². The lowest BCUT2D eigenvalue weighted by Crippen LogP contribution is -2.08. The number of hydrogen-bond donors (Lipinski definition) is 1. The molecule has 0 aliphatic rings. The Bertz CT molecular complexity index is 1170. The van der Waals surface area contributed by atoms with Crippen molar-refractivity contribution in [1.29, 1.82) is 0 Å². The molecule has 2 heterocycles. The average Bonchev–Trinajstić information content (AvgIpc) is 3.30. The van der Waals surface area contributed by atoms with Crippen LogP contribution in [0.1, 0.15) is 21.5 Å². The van der Waals surface area contributed by atoms with Gasteiger partial charge in [-0.3, -0.25) is 9.89 Å². The van der Waals surface area contributed by atoms with Crippen molar-refractivity contribution in [2.24, 2.45) is 0 Å². The molecule has 4 rings (SSSR count). The van der Waals surface area contributed by atoms with Gasteiger partial charge in [-0.2, -0.15) is 15.3 Å². The van der Waals surface area contributed by atoms with Gasteiger partial charge in [-0.1, -0.05) is 12.1 Å². The first-order chi connectivity index (χ1) is 14.6. The smallest absolute Gasteiger partial charge is 0.171 e. The Balaban J connectivity index is 1.62. The molecule has 0 saturated carbocycles. The maximum Gasteiger partial charge on any atom is 0.171 e. The zero-order valence-corrected chi connectivity index (χ0v) is 15.7. The van der Waals surface area contributed by atoms with Crippen LogP contribution < -0.4 is 4.74 Å². The lowest BCUT2D eigenvalue weighted by molar-refractivity contribution is 0.0988. The van der Waals surface area contributed by atoms with Crippen LogP contribution in [0.15, 0.2) is 67.3 Å². The second-order valence-corrected chi connectivity index (χ2v) is 6.59. The summed E-state index contributed by atoms with van der Waals surface area (Å²) in [6.45, 7) is -0.0145. The number of carbonyl (C=O) groups is 1. The Labute approximate surface area is 170 Å². The Morgan fingerprint density at radius 2 is 1.83 bits per heavy atom. The number of hydrogen-bond acceptors (Lipinski definition) is 5. The monoisotopic (exact) mass is 406 g/mol. The van der Waals surface area contributed by atoms with Crippen molar-refractivity contribution >= 4 is 5.78 Å². The maximum absolute atomic E-state index is 13.5. The number of carbonyl (C=O) groups excluding carboxylic acids is 1.